The van der Waals surface area contributed by atoms with Gasteiger partial charge in [-0.25, -0.2) is 19.9 Å². The van der Waals surface area contributed by atoms with Gasteiger partial charge in [-0.1, -0.05) is 152 Å². The molecule has 0 aliphatic heterocycles. The molecule has 0 bridgehead atoms. The molecule has 280 valence electrons. The monoisotopic (exact) mass is 783 g/mol. The summed E-state index contributed by atoms with van der Waals surface area (Å²) in [6.45, 7) is 0. The number of rotatable bonds is 6. The SMILES string of the molecule is c1ccc(-c2cccc(-c3nc(-c4ccccc4)nc(-c4ccc(-n5c6ccccc6c6c7c(sc65)c(-c5ccc6ccccc6c5)nc5ccccc57)cc4)n3)c2)cc1. The minimum Gasteiger partial charge on any atom is -0.301 e. The fraction of sp³-hybridized carbons (Fsp3) is 0. The van der Waals surface area contributed by atoms with E-state index in [0.29, 0.717) is 17.5 Å². The summed E-state index contributed by atoms with van der Waals surface area (Å²) in [4.78, 5) is 21.7. The van der Waals surface area contributed by atoms with Crippen molar-refractivity contribution in [3.63, 3.8) is 0 Å². The van der Waals surface area contributed by atoms with Crippen LogP contribution in [0.25, 0.3) is 115 Å². The normalized spacial score (nSPS) is 11.7. The number of nitrogens with zero attached hydrogens (tertiary/aromatic N) is 5. The molecular weight excluding hydrogens is 751 g/mol. The maximum atomic E-state index is 5.34. The van der Waals surface area contributed by atoms with E-state index in [-0.39, 0.29) is 0 Å². The van der Waals surface area contributed by atoms with Crippen LogP contribution in [0.2, 0.25) is 0 Å². The van der Waals surface area contributed by atoms with E-state index in [2.05, 4.69) is 168 Å². The van der Waals surface area contributed by atoms with Gasteiger partial charge in [0.2, 0.25) is 0 Å². The molecule has 12 aromatic rings. The molecule has 0 radical (unpaired) electrons. The minimum absolute atomic E-state index is 0.623. The molecule has 0 N–H and O–H groups in total. The van der Waals surface area contributed by atoms with Gasteiger partial charge in [0.1, 0.15) is 4.83 Å². The zero-order valence-corrected chi connectivity index (χ0v) is 33.0. The second-order valence-electron chi connectivity index (χ2n) is 15.0. The molecule has 60 heavy (non-hydrogen) atoms. The molecular formula is C54H33N5S. The average molecular weight is 784 g/mol. The van der Waals surface area contributed by atoms with E-state index in [4.69, 9.17) is 19.9 Å². The van der Waals surface area contributed by atoms with Crippen LogP contribution in [0.3, 0.4) is 0 Å². The lowest BCUT2D eigenvalue weighted by molar-refractivity contribution is 1.07. The lowest BCUT2D eigenvalue weighted by atomic mass is 10.0. The highest BCUT2D eigenvalue weighted by atomic mass is 32.1. The first-order valence-electron chi connectivity index (χ1n) is 20.1. The molecule has 4 heterocycles. The Balaban J connectivity index is 1.03. The van der Waals surface area contributed by atoms with Crippen LogP contribution >= 0.6 is 11.3 Å². The van der Waals surface area contributed by atoms with E-state index < -0.39 is 0 Å². The van der Waals surface area contributed by atoms with Crippen LogP contribution in [0.4, 0.5) is 0 Å². The molecule has 0 unspecified atom stereocenters. The fourth-order valence-electron chi connectivity index (χ4n) is 8.56. The van der Waals surface area contributed by atoms with Gasteiger partial charge in [-0.05, 0) is 70.4 Å². The van der Waals surface area contributed by atoms with Gasteiger partial charge in [0, 0.05) is 49.5 Å². The van der Waals surface area contributed by atoms with Gasteiger partial charge in [0.25, 0.3) is 0 Å². The summed E-state index contributed by atoms with van der Waals surface area (Å²) in [5.74, 6) is 1.89. The molecule has 4 aromatic heterocycles. The Hall–Kier alpha value is -7.80. The van der Waals surface area contributed by atoms with E-state index in [1.54, 1.807) is 0 Å². The highest BCUT2D eigenvalue weighted by molar-refractivity contribution is 7.26. The Morgan fingerprint density at radius 1 is 0.367 bits per heavy atom. The van der Waals surface area contributed by atoms with Gasteiger partial charge in [0.05, 0.1) is 21.4 Å². The molecule has 12 rings (SSSR count). The molecule has 0 spiro atoms. The molecule has 6 heteroatoms. The number of aromatic nitrogens is 5. The number of fused-ring (bicyclic) bond motifs is 8. The van der Waals surface area contributed by atoms with Crippen LogP contribution in [-0.4, -0.2) is 24.5 Å². The van der Waals surface area contributed by atoms with Crippen LogP contribution in [0.5, 0.6) is 0 Å². The van der Waals surface area contributed by atoms with Crippen molar-refractivity contribution in [3.8, 4) is 62.2 Å². The van der Waals surface area contributed by atoms with Crippen LogP contribution < -0.4 is 0 Å². The molecule has 0 atom stereocenters. The standard InChI is InChI=1S/C54H33N5S/c1-3-14-34(15-4-1)39-20-13-21-41(33-39)53-57-51(36-17-5-2-6-18-36)56-52(58-53)37-28-30-42(31-29-37)59-46-25-12-10-23-44(46)48-47-43-22-9-11-24-45(43)55-49(50(47)60-54(48)59)40-27-26-35-16-7-8-19-38(35)32-40/h1-33H. The van der Waals surface area contributed by atoms with Crippen molar-refractivity contribution >= 4 is 64.2 Å². The van der Waals surface area contributed by atoms with Crippen molar-refractivity contribution in [1.82, 2.24) is 24.5 Å². The molecule has 0 aliphatic carbocycles. The number of pyridine rings is 1. The maximum Gasteiger partial charge on any atom is 0.164 e. The smallest absolute Gasteiger partial charge is 0.164 e. The van der Waals surface area contributed by atoms with Crippen LogP contribution in [0.1, 0.15) is 0 Å². The summed E-state index contributed by atoms with van der Waals surface area (Å²) in [7, 11) is 0. The second-order valence-corrected chi connectivity index (χ2v) is 16.0. The lowest BCUT2D eigenvalue weighted by Gasteiger charge is -2.11. The first-order chi connectivity index (χ1) is 29.7. The van der Waals surface area contributed by atoms with Crippen molar-refractivity contribution < 1.29 is 0 Å². The number of hydrogen-bond donors (Lipinski definition) is 0. The first-order valence-corrected chi connectivity index (χ1v) is 20.9. The molecule has 8 aromatic carbocycles. The van der Waals surface area contributed by atoms with Gasteiger partial charge in [-0.3, -0.25) is 0 Å². The summed E-state index contributed by atoms with van der Waals surface area (Å²) >= 11 is 1.82. The lowest BCUT2D eigenvalue weighted by Crippen LogP contribution is -2.00. The third-order valence-electron chi connectivity index (χ3n) is 11.4. The summed E-state index contributed by atoms with van der Waals surface area (Å²) < 4.78 is 3.59. The van der Waals surface area contributed by atoms with Gasteiger partial charge in [0.15, 0.2) is 17.5 Å². The van der Waals surface area contributed by atoms with Crippen LogP contribution in [-0.2, 0) is 0 Å². The van der Waals surface area contributed by atoms with E-state index in [0.717, 1.165) is 61.2 Å². The summed E-state index contributed by atoms with van der Waals surface area (Å²) in [6.07, 6.45) is 0. The van der Waals surface area contributed by atoms with Crippen molar-refractivity contribution in [2.24, 2.45) is 0 Å². The number of thiophene rings is 1. The third kappa shape index (κ3) is 5.69. The van der Waals surface area contributed by atoms with Gasteiger partial charge in [-0.2, -0.15) is 0 Å². The fourth-order valence-corrected chi connectivity index (χ4v) is 9.94. The highest BCUT2D eigenvalue weighted by Crippen LogP contribution is 2.48. The maximum absolute atomic E-state index is 5.34. The predicted octanol–water partition coefficient (Wildman–Crippen LogP) is 14.2. The van der Waals surface area contributed by atoms with E-state index in [1.165, 1.54) is 36.5 Å². The average Bonchev–Trinajstić information content (AvgIpc) is 3.87. The quantitative estimate of drug-likeness (QED) is 0.169. The van der Waals surface area contributed by atoms with Crippen molar-refractivity contribution in [1.29, 1.82) is 0 Å². The van der Waals surface area contributed by atoms with Crippen LogP contribution in [0, 0.1) is 0 Å². The molecule has 0 saturated carbocycles. The molecule has 0 saturated heterocycles. The van der Waals surface area contributed by atoms with Crippen molar-refractivity contribution in [2.75, 3.05) is 0 Å². The Kier molecular flexibility index (Phi) is 7.96. The van der Waals surface area contributed by atoms with E-state index >= 15 is 0 Å². The minimum atomic E-state index is 0.623. The third-order valence-corrected chi connectivity index (χ3v) is 12.6. The zero-order valence-electron chi connectivity index (χ0n) is 32.2. The van der Waals surface area contributed by atoms with E-state index in [1.807, 2.05) is 47.7 Å². The highest BCUT2D eigenvalue weighted by Gasteiger charge is 2.23. The molecule has 0 amide bonds. The Morgan fingerprint density at radius 2 is 0.950 bits per heavy atom. The predicted molar refractivity (Wildman–Crippen MR) is 250 cm³/mol. The molecule has 0 aliphatic rings. The molecule has 0 fully saturated rings. The Bertz CT molecular complexity index is 3590. The van der Waals surface area contributed by atoms with Crippen LogP contribution in [0.15, 0.2) is 200 Å². The van der Waals surface area contributed by atoms with Gasteiger partial charge in [-0.15, -0.1) is 11.3 Å². The van der Waals surface area contributed by atoms with E-state index in [9.17, 15) is 0 Å². The van der Waals surface area contributed by atoms with Gasteiger partial charge >= 0.3 is 0 Å². The molecule has 5 nitrogen and oxygen atoms in total. The number of hydrogen-bond acceptors (Lipinski definition) is 5. The Morgan fingerprint density at radius 3 is 1.73 bits per heavy atom. The van der Waals surface area contributed by atoms with Gasteiger partial charge < -0.3 is 4.57 Å². The summed E-state index contributed by atoms with van der Waals surface area (Å²) in [5, 5.41) is 7.31. The van der Waals surface area contributed by atoms with Crippen molar-refractivity contribution in [3.05, 3.63) is 200 Å². The van der Waals surface area contributed by atoms with Crippen molar-refractivity contribution in [2.45, 2.75) is 0 Å². The largest absolute Gasteiger partial charge is 0.301 e. The Labute approximate surface area is 349 Å². The second kappa shape index (κ2) is 13.9. The first kappa shape index (κ1) is 34.3. The zero-order chi connectivity index (χ0) is 39.6. The summed E-state index contributed by atoms with van der Waals surface area (Å²) in [6, 6.07) is 70.1. The summed E-state index contributed by atoms with van der Waals surface area (Å²) in [5.41, 5.74) is 10.4. The number of para-hydroxylation sites is 2. The topological polar surface area (TPSA) is 56.5 Å². The number of benzene rings is 8.